The van der Waals surface area contributed by atoms with E-state index in [1.807, 2.05) is 6.20 Å². The zero-order chi connectivity index (χ0) is 13.7. The largest absolute Gasteiger partial charge is 0.362 e. The lowest BCUT2D eigenvalue weighted by Crippen LogP contribution is -2.24. The molecule has 1 aromatic rings. The second-order valence-electron chi connectivity index (χ2n) is 5.87. The normalized spacial score (nSPS) is 21.6. The Balaban J connectivity index is 1.85. The maximum atomic E-state index is 4.42. The second kappa shape index (κ2) is 7.25. The number of nitrogens with zero attached hydrogens (tertiary/aromatic N) is 2. The molecule has 108 valence electrons. The number of aromatic nitrogens is 1. The lowest BCUT2D eigenvalue weighted by Gasteiger charge is -2.20. The first-order valence-corrected chi connectivity index (χ1v) is 8.41. The molecular formula is C15H27N3S. The molecule has 1 atom stereocenters. The van der Waals surface area contributed by atoms with Crippen LogP contribution in [0.4, 0.5) is 5.13 Å². The molecule has 1 unspecified atom stereocenters. The monoisotopic (exact) mass is 281 g/mol. The van der Waals surface area contributed by atoms with Crippen LogP contribution < -0.4 is 5.32 Å². The maximum Gasteiger partial charge on any atom is 0.182 e. The van der Waals surface area contributed by atoms with Crippen LogP contribution in [0.2, 0.25) is 0 Å². The fourth-order valence-corrected chi connectivity index (χ4v) is 3.76. The zero-order valence-electron chi connectivity index (χ0n) is 12.5. The van der Waals surface area contributed by atoms with Gasteiger partial charge >= 0.3 is 0 Å². The van der Waals surface area contributed by atoms with Gasteiger partial charge in [0, 0.05) is 24.2 Å². The van der Waals surface area contributed by atoms with Crippen molar-refractivity contribution in [2.75, 3.05) is 25.0 Å². The molecule has 1 N–H and O–H groups in total. The molecule has 1 aliphatic heterocycles. The van der Waals surface area contributed by atoms with E-state index in [4.69, 9.17) is 0 Å². The molecule has 19 heavy (non-hydrogen) atoms. The number of anilines is 1. The molecule has 0 bridgehead atoms. The van der Waals surface area contributed by atoms with Crippen LogP contribution in [0.3, 0.4) is 0 Å². The van der Waals surface area contributed by atoms with Gasteiger partial charge in [0.2, 0.25) is 0 Å². The van der Waals surface area contributed by atoms with Gasteiger partial charge in [-0.1, -0.05) is 13.8 Å². The van der Waals surface area contributed by atoms with E-state index in [-0.39, 0.29) is 0 Å². The average Bonchev–Trinajstić information content (AvgIpc) is 2.67. The minimum absolute atomic E-state index is 0.837. The van der Waals surface area contributed by atoms with Gasteiger partial charge in [0.05, 0.1) is 0 Å². The molecule has 1 aliphatic rings. The predicted molar refractivity (Wildman–Crippen MR) is 83.7 cm³/mol. The number of nitrogens with one attached hydrogen (secondary N) is 1. The molecule has 0 amide bonds. The Hall–Kier alpha value is -0.610. The molecule has 0 aliphatic carbocycles. The van der Waals surface area contributed by atoms with Crippen molar-refractivity contribution in [1.82, 2.24) is 9.88 Å². The van der Waals surface area contributed by atoms with Crippen LogP contribution in [-0.4, -0.2) is 29.5 Å². The minimum atomic E-state index is 0.837. The first-order valence-electron chi connectivity index (χ1n) is 7.60. The van der Waals surface area contributed by atoms with Crippen molar-refractivity contribution in [1.29, 1.82) is 0 Å². The molecule has 0 radical (unpaired) electrons. The fourth-order valence-electron chi connectivity index (χ4n) is 2.84. The average molecular weight is 281 g/mol. The summed E-state index contributed by atoms with van der Waals surface area (Å²) >= 11 is 1.80. The van der Waals surface area contributed by atoms with Crippen molar-refractivity contribution in [2.45, 2.75) is 46.6 Å². The van der Waals surface area contributed by atoms with E-state index in [1.165, 1.54) is 37.2 Å². The summed E-state index contributed by atoms with van der Waals surface area (Å²) in [5.74, 6) is 1.76. The van der Waals surface area contributed by atoms with Crippen molar-refractivity contribution in [2.24, 2.45) is 11.8 Å². The van der Waals surface area contributed by atoms with Crippen molar-refractivity contribution in [3.8, 4) is 0 Å². The van der Waals surface area contributed by atoms with Gasteiger partial charge in [-0.05, 0) is 51.1 Å². The Labute approximate surface area is 121 Å². The second-order valence-corrected chi connectivity index (χ2v) is 6.99. The van der Waals surface area contributed by atoms with Gasteiger partial charge in [0.15, 0.2) is 5.13 Å². The summed E-state index contributed by atoms with van der Waals surface area (Å²) in [5, 5.41) is 4.35. The summed E-state index contributed by atoms with van der Waals surface area (Å²) in [6.45, 7) is 11.4. The highest BCUT2D eigenvalue weighted by atomic mass is 32.1. The molecule has 4 heteroatoms. The van der Waals surface area contributed by atoms with Crippen LogP contribution in [0.1, 0.15) is 44.9 Å². The molecule has 0 saturated carbocycles. The summed E-state index contributed by atoms with van der Waals surface area (Å²) in [6.07, 6.45) is 6.14. The molecule has 0 spiro atoms. The topological polar surface area (TPSA) is 28.2 Å². The summed E-state index contributed by atoms with van der Waals surface area (Å²) in [5.41, 5.74) is 0. The van der Waals surface area contributed by atoms with Crippen LogP contribution in [0, 0.1) is 11.8 Å². The van der Waals surface area contributed by atoms with E-state index >= 15 is 0 Å². The van der Waals surface area contributed by atoms with Gasteiger partial charge in [-0.15, -0.1) is 11.3 Å². The van der Waals surface area contributed by atoms with E-state index in [0.29, 0.717) is 0 Å². The van der Waals surface area contributed by atoms with Crippen LogP contribution in [0.5, 0.6) is 0 Å². The van der Waals surface area contributed by atoms with E-state index in [2.05, 4.69) is 36.0 Å². The summed E-state index contributed by atoms with van der Waals surface area (Å²) in [4.78, 5) is 8.41. The molecule has 1 saturated heterocycles. The Morgan fingerprint density at radius 3 is 3.00 bits per heavy atom. The molecule has 0 aromatic carbocycles. The van der Waals surface area contributed by atoms with E-state index in [0.717, 1.165) is 30.1 Å². The number of likely N-dealkylation sites (tertiary alicyclic amines) is 1. The van der Waals surface area contributed by atoms with Crippen molar-refractivity contribution < 1.29 is 0 Å². The Morgan fingerprint density at radius 1 is 1.42 bits per heavy atom. The summed E-state index contributed by atoms with van der Waals surface area (Å²) in [7, 11) is 0. The van der Waals surface area contributed by atoms with E-state index in [9.17, 15) is 0 Å². The summed E-state index contributed by atoms with van der Waals surface area (Å²) < 4.78 is 0. The third kappa shape index (κ3) is 4.46. The van der Waals surface area contributed by atoms with Gasteiger partial charge in [-0.25, -0.2) is 4.98 Å². The standard InChI is InChI=1S/C15H27N3S/c1-4-16-15-17-10-14(19-15)11-18-8-5-6-13(7-9-18)12(2)3/h10,12-13H,4-9,11H2,1-3H3,(H,16,17). The maximum absolute atomic E-state index is 4.42. The minimum Gasteiger partial charge on any atom is -0.362 e. The lowest BCUT2D eigenvalue weighted by molar-refractivity contribution is 0.266. The Kier molecular flexibility index (Phi) is 5.64. The molecule has 1 fully saturated rings. The molecule has 3 nitrogen and oxygen atoms in total. The smallest absolute Gasteiger partial charge is 0.182 e. The highest BCUT2D eigenvalue weighted by Crippen LogP contribution is 2.26. The number of hydrogen-bond acceptors (Lipinski definition) is 4. The molecular weight excluding hydrogens is 254 g/mol. The van der Waals surface area contributed by atoms with E-state index < -0.39 is 0 Å². The highest BCUT2D eigenvalue weighted by Gasteiger charge is 2.19. The van der Waals surface area contributed by atoms with Crippen molar-refractivity contribution in [3.05, 3.63) is 11.1 Å². The number of rotatable bonds is 5. The molecule has 2 rings (SSSR count). The molecule has 1 aromatic heterocycles. The van der Waals surface area contributed by atoms with Crippen LogP contribution in [0.25, 0.3) is 0 Å². The van der Waals surface area contributed by atoms with Gasteiger partial charge in [0.1, 0.15) is 0 Å². The van der Waals surface area contributed by atoms with Gasteiger partial charge in [-0.3, -0.25) is 4.90 Å². The lowest BCUT2D eigenvalue weighted by atomic mass is 9.89. The van der Waals surface area contributed by atoms with E-state index in [1.54, 1.807) is 11.3 Å². The third-order valence-electron chi connectivity index (χ3n) is 4.07. The first kappa shape index (κ1) is 14.8. The van der Waals surface area contributed by atoms with Crippen LogP contribution in [-0.2, 0) is 6.54 Å². The quantitative estimate of drug-likeness (QED) is 0.889. The van der Waals surface area contributed by atoms with Gasteiger partial charge in [-0.2, -0.15) is 0 Å². The molecule has 2 heterocycles. The van der Waals surface area contributed by atoms with Crippen LogP contribution in [0.15, 0.2) is 6.20 Å². The zero-order valence-corrected chi connectivity index (χ0v) is 13.3. The first-order chi connectivity index (χ1) is 9.19. The predicted octanol–water partition coefficient (Wildman–Crippen LogP) is 3.83. The third-order valence-corrected chi connectivity index (χ3v) is 5.01. The number of hydrogen-bond donors (Lipinski definition) is 1. The van der Waals surface area contributed by atoms with Crippen LogP contribution >= 0.6 is 11.3 Å². The fraction of sp³-hybridized carbons (Fsp3) is 0.800. The Morgan fingerprint density at radius 2 is 2.26 bits per heavy atom. The van der Waals surface area contributed by atoms with Crippen molar-refractivity contribution >= 4 is 16.5 Å². The SMILES string of the molecule is CCNc1ncc(CN2CCCC(C(C)C)CC2)s1. The number of thiazole rings is 1. The summed E-state index contributed by atoms with van der Waals surface area (Å²) in [6, 6.07) is 0. The van der Waals surface area contributed by atoms with Gasteiger partial charge in [0.25, 0.3) is 0 Å². The highest BCUT2D eigenvalue weighted by molar-refractivity contribution is 7.15. The Bertz CT molecular complexity index is 375. The van der Waals surface area contributed by atoms with Crippen molar-refractivity contribution in [3.63, 3.8) is 0 Å². The van der Waals surface area contributed by atoms with Gasteiger partial charge < -0.3 is 5.32 Å².